The lowest BCUT2D eigenvalue weighted by Gasteiger charge is -2.14. The first-order valence-corrected chi connectivity index (χ1v) is 6.88. The maximum absolute atomic E-state index is 12.2. The summed E-state index contributed by atoms with van der Waals surface area (Å²) in [5, 5.41) is 15.0. The maximum Gasteiger partial charge on any atom is 0.306 e. The number of amides is 1. The number of carboxylic acid groups (broad SMARTS) is 1. The van der Waals surface area contributed by atoms with Crippen molar-refractivity contribution in [2.24, 2.45) is 11.8 Å². The number of benzene rings is 1. The zero-order valence-electron chi connectivity index (χ0n) is 11.6. The highest BCUT2D eigenvalue weighted by atomic mass is 16.4. The molecule has 0 bridgehead atoms. The molecule has 5 nitrogen and oxygen atoms in total. The van der Waals surface area contributed by atoms with E-state index in [0.717, 1.165) is 11.3 Å². The van der Waals surface area contributed by atoms with E-state index in [1.807, 2.05) is 31.3 Å². The molecule has 108 valence electrons. The first-order valence-electron chi connectivity index (χ1n) is 6.88. The van der Waals surface area contributed by atoms with Gasteiger partial charge in [-0.3, -0.25) is 9.59 Å². The molecular formula is C15H20N2O3. The van der Waals surface area contributed by atoms with Crippen LogP contribution in [0.3, 0.4) is 0 Å². The van der Waals surface area contributed by atoms with Crippen LogP contribution >= 0.6 is 0 Å². The summed E-state index contributed by atoms with van der Waals surface area (Å²) in [6.07, 6.45) is 1.68. The predicted octanol–water partition coefficient (Wildman–Crippen LogP) is 1.85. The van der Waals surface area contributed by atoms with Crippen LogP contribution in [0, 0.1) is 11.8 Å². The van der Waals surface area contributed by atoms with Crippen molar-refractivity contribution in [2.75, 3.05) is 12.4 Å². The van der Waals surface area contributed by atoms with E-state index < -0.39 is 5.97 Å². The van der Waals surface area contributed by atoms with Gasteiger partial charge in [0.1, 0.15) is 0 Å². The monoisotopic (exact) mass is 276 g/mol. The second-order valence-electron chi connectivity index (χ2n) is 5.22. The normalized spacial score (nSPS) is 21.6. The van der Waals surface area contributed by atoms with Gasteiger partial charge in [0.05, 0.1) is 5.92 Å². The summed E-state index contributed by atoms with van der Waals surface area (Å²) in [6.45, 7) is 0.679. The highest BCUT2D eigenvalue weighted by Crippen LogP contribution is 2.32. The molecule has 1 aromatic rings. The summed E-state index contributed by atoms with van der Waals surface area (Å²) >= 11 is 0. The fraction of sp³-hybridized carbons (Fsp3) is 0.467. The van der Waals surface area contributed by atoms with E-state index in [-0.39, 0.29) is 17.7 Å². The van der Waals surface area contributed by atoms with Crippen molar-refractivity contribution in [3.63, 3.8) is 0 Å². The lowest BCUT2D eigenvalue weighted by atomic mass is 10.0. The van der Waals surface area contributed by atoms with Crippen LogP contribution in [0.4, 0.5) is 5.69 Å². The van der Waals surface area contributed by atoms with Gasteiger partial charge in [0, 0.05) is 18.2 Å². The molecule has 0 aromatic heterocycles. The molecule has 0 radical (unpaired) electrons. The molecule has 1 fully saturated rings. The van der Waals surface area contributed by atoms with Gasteiger partial charge < -0.3 is 15.7 Å². The van der Waals surface area contributed by atoms with Gasteiger partial charge in [-0.05, 0) is 37.9 Å². The Morgan fingerprint density at radius 2 is 1.95 bits per heavy atom. The zero-order chi connectivity index (χ0) is 14.5. The van der Waals surface area contributed by atoms with Gasteiger partial charge in [0.25, 0.3) is 0 Å². The number of para-hydroxylation sites is 1. The molecule has 1 amide bonds. The molecule has 2 rings (SSSR count). The van der Waals surface area contributed by atoms with E-state index in [9.17, 15) is 9.59 Å². The van der Waals surface area contributed by atoms with Gasteiger partial charge in [-0.2, -0.15) is 0 Å². The molecule has 20 heavy (non-hydrogen) atoms. The van der Waals surface area contributed by atoms with Crippen LogP contribution in [0.2, 0.25) is 0 Å². The van der Waals surface area contributed by atoms with E-state index in [0.29, 0.717) is 25.8 Å². The second kappa shape index (κ2) is 6.52. The first kappa shape index (κ1) is 14.5. The molecule has 1 aliphatic carbocycles. The zero-order valence-corrected chi connectivity index (χ0v) is 11.6. The molecule has 0 saturated heterocycles. The highest BCUT2D eigenvalue weighted by molar-refractivity contribution is 5.93. The molecule has 0 heterocycles. The summed E-state index contributed by atoms with van der Waals surface area (Å²) in [5.41, 5.74) is 1.82. The maximum atomic E-state index is 12.2. The predicted molar refractivity (Wildman–Crippen MR) is 76.3 cm³/mol. The van der Waals surface area contributed by atoms with Crippen LogP contribution in [0.15, 0.2) is 24.3 Å². The van der Waals surface area contributed by atoms with Crippen LogP contribution in [-0.4, -0.2) is 24.0 Å². The smallest absolute Gasteiger partial charge is 0.306 e. The Kier molecular flexibility index (Phi) is 4.74. The molecule has 5 heteroatoms. The number of nitrogens with one attached hydrogen (secondary N) is 2. The van der Waals surface area contributed by atoms with Gasteiger partial charge in [0.15, 0.2) is 0 Å². The molecule has 1 aliphatic rings. The summed E-state index contributed by atoms with van der Waals surface area (Å²) in [5.74, 6) is -1.44. The molecule has 0 aliphatic heterocycles. The third-order valence-corrected chi connectivity index (χ3v) is 3.80. The SMILES string of the molecule is CNCc1ccccc1NC(=O)[C@@H]1CC[C@H](C(=O)O)C1. The Bertz CT molecular complexity index is 502. The van der Waals surface area contributed by atoms with E-state index in [1.54, 1.807) is 0 Å². The largest absolute Gasteiger partial charge is 0.481 e. The third kappa shape index (κ3) is 3.36. The number of aliphatic carboxylic acids is 1. The van der Waals surface area contributed by atoms with E-state index in [2.05, 4.69) is 10.6 Å². The molecular weight excluding hydrogens is 256 g/mol. The van der Waals surface area contributed by atoms with Crippen molar-refractivity contribution in [3.05, 3.63) is 29.8 Å². The van der Waals surface area contributed by atoms with Crippen molar-refractivity contribution in [1.29, 1.82) is 0 Å². The lowest BCUT2D eigenvalue weighted by Crippen LogP contribution is -2.22. The molecule has 3 N–H and O–H groups in total. The Morgan fingerprint density at radius 1 is 1.25 bits per heavy atom. The number of carbonyl (C=O) groups is 2. The van der Waals surface area contributed by atoms with Gasteiger partial charge >= 0.3 is 5.97 Å². The summed E-state index contributed by atoms with van der Waals surface area (Å²) < 4.78 is 0. The molecule has 0 spiro atoms. The second-order valence-corrected chi connectivity index (χ2v) is 5.22. The topological polar surface area (TPSA) is 78.4 Å². The van der Waals surface area contributed by atoms with Crippen LogP contribution < -0.4 is 10.6 Å². The van der Waals surface area contributed by atoms with Gasteiger partial charge in [0.2, 0.25) is 5.91 Å². The molecule has 2 atom stereocenters. The molecule has 1 aromatic carbocycles. The highest BCUT2D eigenvalue weighted by Gasteiger charge is 2.33. The van der Waals surface area contributed by atoms with Crippen LogP contribution in [0.1, 0.15) is 24.8 Å². The van der Waals surface area contributed by atoms with Crippen molar-refractivity contribution >= 4 is 17.6 Å². The fourth-order valence-corrected chi connectivity index (χ4v) is 2.67. The lowest BCUT2D eigenvalue weighted by molar-refractivity contribution is -0.141. The third-order valence-electron chi connectivity index (χ3n) is 3.80. The van der Waals surface area contributed by atoms with Crippen molar-refractivity contribution < 1.29 is 14.7 Å². The van der Waals surface area contributed by atoms with Gasteiger partial charge in [-0.15, -0.1) is 0 Å². The number of carboxylic acids is 1. The Balaban J connectivity index is 2.00. The van der Waals surface area contributed by atoms with Crippen molar-refractivity contribution in [2.45, 2.75) is 25.8 Å². The minimum atomic E-state index is -0.795. The minimum Gasteiger partial charge on any atom is -0.481 e. The average Bonchev–Trinajstić information content (AvgIpc) is 2.91. The number of hydrogen-bond acceptors (Lipinski definition) is 3. The summed E-state index contributed by atoms with van der Waals surface area (Å²) in [7, 11) is 1.85. The van der Waals surface area contributed by atoms with Crippen molar-refractivity contribution in [3.8, 4) is 0 Å². The van der Waals surface area contributed by atoms with Crippen LogP contribution in [0.25, 0.3) is 0 Å². The van der Waals surface area contributed by atoms with Gasteiger partial charge in [-0.25, -0.2) is 0 Å². The number of rotatable bonds is 5. The molecule has 0 unspecified atom stereocenters. The van der Waals surface area contributed by atoms with E-state index >= 15 is 0 Å². The van der Waals surface area contributed by atoms with Crippen LogP contribution in [0.5, 0.6) is 0 Å². The van der Waals surface area contributed by atoms with Crippen molar-refractivity contribution in [1.82, 2.24) is 5.32 Å². The number of hydrogen-bond donors (Lipinski definition) is 3. The number of carbonyl (C=O) groups excluding carboxylic acids is 1. The van der Waals surface area contributed by atoms with E-state index in [4.69, 9.17) is 5.11 Å². The Hall–Kier alpha value is -1.88. The number of anilines is 1. The fourth-order valence-electron chi connectivity index (χ4n) is 2.67. The summed E-state index contributed by atoms with van der Waals surface area (Å²) in [4.78, 5) is 23.1. The average molecular weight is 276 g/mol. The summed E-state index contributed by atoms with van der Waals surface area (Å²) in [6, 6.07) is 7.64. The first-order chi connectivity index (χ1) is 9.61. The Morgan fingerprint density at radius 3 is 2.60 bits per heavy atom. The van der Waals surface area contributed by atoms with Gasteiger partial charge in [-0.1, -0.05) is 18.2 Å². The van der Waals surface area contributed by atoms with Crippen LogP contribution in [-0.2, 0) is 16.1 Å². The standard InChI is InChI=1S/C15H20N2O3/c1-16-9-12-4-2-3-5-13(12)17-14(18)10-6-7-11(8-10)15(19)20/h2-5,10-11,16H,6-9H2,1H3,(H,17,18)(H,19,20)/t10-,11+/m1/s1. The minimum absolute atomic E-state index is 0.0719. The van der Waals surface area contributed by atoms with E-state index in [1.165, 1.54) is 0 Å². The Labute approximate surface area is 118 Å². The quantitative estimate of drug-likeness (QED) is 0.767. The molecule has 1 saturated carbocycles.